The third-order valence-corrected chi connectivity index (χ3v) is 4.44. The molecule has 0 aliphatic heterocycles. The Hall–Kier alpha value is -1.85. The molecule has 0 fully saturated rings. The Kier molecular flexibility index (Phi) is 4.42. The second-order valence-corrected chi connectivity index (χ2v) is 6.18. The molecule has 106 valence electrons. The first kappa shape index (κ1) is 14.6. The highest BCUT2D eigenvalue weighted by atomic mass is 32.1. The van der Waals surface area contributed by atoms with E-state index in [1.807, 2.05) is 23.6 Å². The van der Waals surface area contributed by atoms with Gasteiger partial charge in [0.05, 0.1) is 11.3 Å². The Balaban J connectivity index is 2.06. The summed E-state index contributed by atoms with van der Waals surface area (Å²) in [6.07, 6.45) is 0. The lowest BCUT2D eigenvalue weighted by Crippen LogP contribution is -2.36. The van der Waals surface area contributed by atoms with Crippen LogP contribution >= 0.6 is 11.3 Å². The van der Waals surface area contributed by atoms with Crippen LogP contribution in [0.3, 0.4) is 0 Å². The number of benzene rings is 1. The molecule has 0 saturated carbocycles. The largest absolute Gasteiger partial charge is 0.351 e. The van der Waals surface area contributed by atoms with Gasteiger partial charge in [-0.3, -0.25) is 10.6 Å². The highest BCUT2D eigenvalue weighted by Gasteiger charge is 2.23. The summed E-state index contributed by atoms with van der Waals surface area (Å²) in [5, 5.41) is 5.02. The third kappa shape index (κ3) is 3.18. The van der Waals surface area contributed by atoms with Gasteiger partial charge in [-0.05, 0) is 23.6 Å². The molecule has 1 aromatic carbocycles. The van der Waals surface area contributed by atoms with Crippen LogP contribution in [0.4, 0.5) is 5.69 Å². The third-order valence-electron chi connectivity index (χ3n) is 3.21. The SMILES string of the molecule is CC(C)(CNC(=O)c1ccccc1NN)c1cccs1. The summed E-state index contributed by atoms with van der Waals surface area (Å²) in [4.78, 5) is 13.5. The van der Waals surface area contributed by atoms with Gasteiger partial charge in [0.25, 0.3) is 5.91 Å². The van der Waals surface area contributed by atoms with Gasteiger partial charge in [-0.2, -0.15) is 0 Å². The van der Waals surface area contributed by atoms with E-state index >= 15 is 0 Å². The normalized spacial score (nSPS) is 11.2. The van der Waals surface area contributed by atoms with Gasteiger partial charge in [0.1, 0.15) is 0 Å². The van der Waals surface area contributed by atoms with Crippen LogP contribution in [0.1, 0.15) is 29.1 Å². The molecule has 0 saturated heterocycles. The van der Waals surface area contributed by atoms with Crippen molar-refractivity contribution >= 4 is 22.9 Å². The van der Waals surface area contributed by atoms with Crippen LogP contribution < -0.4 is 16.6 Å². The molecule has 2 aromatic rings. The quantitative estimate of drug-likeness (QED) is 0.585. The Labute approximate surface area is 123 Å². The average molecular weight is 289 g/mol. The van der Waals surface area contributed by atoms with E-state index in [1.165, 1.54) is 4.88 Å². The minimum absolute atomic E-state index is 0.0884. The van der Waals surface area contributed by atoms with Crippen LogP contribution in [0.15, 0.2) is 41.8 Å². The fourth-order valence-corrected chi connectivity index (χ4v) is 2.81. The molecule has 0 atom stereocenters. The molecule has 20 heavy (non-hydrogen) atoms. The van der Waals surface area contributed by atoms with Crippen molar-refractivity contribution in [3.8, 4) is 0 Å². The Morgan fingerprint density at radius 3 is 2.65 bits per heavy atom. The zero-order valence-electron chi connectivity index (χ0n) is 11.6. The summed E-state index contributed by atoms with van der Waals surface area (Å²) in [6, 6.07) is 11.3. The molecule has 0 radical (unpaired) electrons. The molecule has 0 aliphatic carbocycles. The first-order valence-electron chi connectivity index (χ1n) is 6.42. The van der Waals surface area contributed by atoms with E-state index < -0.39 is 0 Å². The number of anilines is 1. The van der Waals surface area contributed by atoms with E-state index in [2.05, 4.69) is 30.7 Å². The van der Waals surface area contributed by atoms with Crippen molar-refractivity contribution < 1.29 is 4.79 Å². The zero-order valence-corrected chi connectivity index (χ0v) is 12.5. The Morgan fingerprint density at radius 2 is 2.00 bits per heavy atom. The van der Waals surface area contributed by atoms with Gasteiger partial charge in [-0.15, -0.1) is 11.3 Å². The van der Waals surface area contributed by atoms with Gasteiger partial charge in [0, 0.05) is 16.8 Å². The summed E-state index contributed by atoms with van der Waals surface area (Å²) in [5.41, 5.74) is 3.63. The number of para-hydroxylation sites is 1. The standard InChI is InChI=1S/C15H19N3OS/c1-15(2,13-8-5-9-20-13)10-17-14(19)11-6-3-4-7-12(11)18-16/h3-9,18H,10,16H2,1-2H3,(H,17,19). The molecule has 0 unspecified atom stereocenters. The smallest absolute Gasteiger partial charge is 0.253 e. The van der Waals surface area contributed by atoms with Crippen LogP contribution in [-0.4, -0.2) is 12.5 Å². The van der Waals surface area contributed by atoms with Crippen molar-refractivity contribution in [2.45, 2.75) is 19.3 Å². The molecule has 1 aromatic heterocycles. The van der Waals surface area contributed by atoms with Gasteiger partial charge in [0.15, 0.2) is 0 Å². The van der Waals surface area contributed by atoms with Gasteiger partial charge in [0.2, 0.25) is 0 Å². The minimum Gasteiger partial charge on any atom is -0.351 e. The van der Waals surface area contributed by atoms with Crippen molar-refractivity contribution in [3.05, 3.63) is 52.2 Å². The maximum atomic E-state index is 12.2. The summed E-state index contributed by atoms with van der Waals surface area (Å²) in [5.74, 6) is 5.30. The number of hydrogen-bond donors (Lipinski definition) is 3. The minimum atomic E-state index is -0.122. The summed E-state index contributed by atoms with van der Waals surface area (Å²) < 4.78 is 0. The van der Waals surface area contributed by atoms with Crippen molar-refractivity contribution in [1.82, 2.24) is 5.32 Å². The second-order valence-electron chi connectivity index (χ2n) is 5.23. The molecule has 0 aliphatic rings. The van der Waals surface area contributed by atoms with Crippen LogP contribution in [0.25, 0.3) is 0 Å². The number of rotatable bonds is 5. The number of thiophene rings is 1. The van der Waals surface area contributed by atoms with Crippen LogP contribution in [0, 0.1) is 0 Å². The van der Waals surface area contributed by atoms with E-state index in [9.17, 15) is 4.79 Å². The van der Waals surface area contributed by atoms with E-state index in [-0.39, 0.29) is 11.3 Å². The van der Waals surface area contributed by atoms with Crippen LogP contribution in [-0.2, 0) is 5.41 Å². The Bertz CT molecular complexity index is 579. The number of nitrogens with one attached hydrogen (secondary N) is 2. The van der Waals surface area contributed by atoms with E-state index in [1.54, 1.807) is 23.5 Å². The topological polar surface area (TPSA) is 67.2 Å². The second kappa shape index (κ2) is 6.07. The van der Waals surface area contributed by atoms with Gasteiger partial charge in [-0.1, -0.05) is 32.0 Å². The molecular weight excluding hydrogens is 270 g/mol. The molecule has 2 rings (SSSR count). The molecule has 0 bridgehead atoms. The summed E-state index contributed by atoms with van der Waals surface area (Å²) >= 11 is 1.70. The lowest BCUT2D eigenvalue weighted by molar-refractivity contribution is 0.0946. The number of carbonyl (C=O) groups is 1. The first-order chi connectivity index (χ1) is 9.54. The fourth-order valence-electron chi connectivity index (χ4n) is 1.95. The number of nitrogen functional groups attached to an aromatic ring is 1. The van der Waals surface area contributed by atoms with Crippen molar-refractivity contribution in [1.29, 1.82) is 0 Å². The van der Waals surface area contributed by atoms with E-state index in [0.29, 0.717) is 17.8 Å². The molecule has 1 heterocycles. The van der Waals surface area contributed by atoms with Crippen molar-refractivity contribution in [2.75, 3.05) is 12.0 Å². The Morgan fingerprint density at radius 1 is 1.25 bits per heavy atom. The number of amides is 1. The van der Waals surface area contributed by atoms with Crippen LogP contribution in [0.2, 0.25) is 0 Å². The summed E-state index contributed by atoms with van der Waals surface area (Å²) in [6.45, 7) is 4.81. The maximum absolute atomic E-state index is 12.2. The molecular formula is C15H19N3OS. The summed E-state index contributed by atoms with van der Waals surface area (Å²) in [7, 11) is 0. The number of hydrogen-bond acceptors (Lipinski definition) is 4. The van der Waals surface area contributed by atoms with Gasteiger partial charge in [-0.25, -0.2) is 0 Å². The monoisotopic (exact) mass is 289 g/mol. The predicted molar refractivity (Wildman–Crippen MR) is 83.9 cm³/mol. The lowest BCUT2D eigenvalue weighted by Gasteiger charge is -2.24. The molecule has 5 heteroatoms. The fraction of sp³-hybridized carbons (Fsp3) is 0.267. The van der Waals surface area contributed by atoms with Crippen molar-refractivity contribution in [3.63, 3.8) is 0 Å². The number of nitrogens with two attached hydrogens (primary N) is 1. The van der Waals surface area contributed by atoms with Crippen molar-refractivity contribution in [2.24, 2.45) is 5.84 Å². The average Bonchev–Trinajstić information content (AvgIpc) is 3.00. The number of carbonyl (C=O) groups excluding carboxylic acids is 1. The van der Waals surface area contributed by atoms with Crippen LogP contribution in [0.5, 0.6) is 0 Å². The predicted octanol–water partition coefficient (Wildman–Crippen LogP) is 2.74. The highest BCUT2D eigenvalue weighted by Crippen LogP contribution is 2.26. The first-order valence-corrected chi connectivity index (χ1v) is 7.30. The lowest BCUT2D eigenvalue weighted by atomic mass is 9.91. The van der Waals surface area contributed by atoms with Gasteiger partial charge < -0.3 is 10.7 Å². The van der Waals surface area contributed by atoms with E-state index in [4.69, 9.17) is 5.84 Å². The molecule has 0 spiro atoms. The van der Waals surface area contributed by atoms with Gasteiger partial charge >= 0.3 is 0 Å². The maximum Gasteiger partial charge on any atom is 0.253 e. The van der Waals surface area contributed by atoms with E-state index in [0.717, 1.165) is 0 Å². The molecule has 4 N–H and O–H groups in total. The zero-order chi connectivity index (χ0) is 14.6. The number of hydrazine groups is 1. The molecule has 1 amide bonds. The molecule has 4 nitrogen and oxygen atoms in total. The highest BCUT2D eigenvalue weighted by molar-refractivity contribution is 7.10.